The van der Waals surface area contributed by atoms with Crippen molar-refractivity contribution in [2.45, 2.75) is 13.0 Å². The standard InChI is InChI=1S/C20H20N4O6/c1-11-17(19(25)22-15-8-7-14(29-2)10-16(15)30-3)18(23-20(26)21-11)12-5-4-6-13(9-12)24(27)28/h4-10,18H,1-3H3,(H,22,25)(H2,21,23,26). The maximum absolute atomic E-state index is 13.1. The van der Waals surface area contributed by atoms with Crippen molar-refractivity contribution in [3.05, 3.63) is 69.4 Å². The number of anilines is 1. The number of non-ortho nitro benzene ring substituents is 1. The lowest BCUT2D eigenvalue weighted by Crippen LogP contribution is -2.46. The van der Waals surface area contributed by atoms with Crippen molar-refractivity contribution in [2.75, 3.05) is 19.5 Å². The molecule has 156 valence electrons. The Hall–Kier alpha value is -4.08. The summed E-state index contributed by atoms with van der Waals surface area (Å²) in [6.07, 6.45) is 0. The van der Waals surface area contributed by atoms with E-state index in [1.165, 1.54) is 32.4 Å². The summed E-state index contributed by atoms with van der Waals surface area (Å²) >= 11 is 0. The average Bonchev–Trinajstić information content (AvgIpc) is 2.73. The molecule has 0 aromatic heterocycles. The lowest BCUT2D eigenvalue weighted by atomic mass is 9.94. The number of carbonyl (C=O) groups is 2. The molecular weight excluding hydrogens is 392 g/mol. The lowest BCUT2D eigenvalue weighted by Gasteiger charge is -2.28. The molecule has 3 rings (SSSR count). The van der Waals surface area contributed by atoms with Crippen molar-refractivity contribution in [2.24, 2.45) is 0 Å². The first-order valence-electron chi connectivity index (χ1n) is 8.90. The second kappa shape index (κ2) is 8.52. The number of hydrogen-bond donors (Lipinski definition) is 3. The Morgan fingerprint density at radius 3 is 2.60 bits per heavy atom. The summed E-state index contributed by atoms with van der Waals surface area (Å²) < 4.78 is 10.5. The number of nitro groups is 1. The number of benzene rings is 2. The minimum atomic E-state index is -0.872. The minimum Gasteiger partial charge on any atom is -0.497 e. The van der Waals surface area contributed by atoms with Gasteiger partial charge in [0.1, 0.15) is 11.5 Å². The maximum atomic E-state index is 13.1. The fourth-order valence-corrected chi connectivity index (χ4v) is 3.15. The van der Waals surface area contributed by atoms with Crippen molar-refractivity contribution in [3.63, 3.8) is 0 Å². The fraction of sp³-hybridized carbons (Fsp3) is 0.200. The Bertz CT molecular complexity index is 1050. The number of amides is 3. The van der Waals surface area contributed by atoms with E-state index in [4.69, 9.17) is 9.47 Å². The number of nitrogens with one attached hydrogen (secondary N) is 3. The molecule has 1 aliphatic rings. The molecule has 1 aliphatic heterocycles. The molecule has 0 saturated heterocycles. The summed E-state index contributed by atoms with van der Waals surface area (Å²) in [5.74, 6) is 0.446. The average molecular weight is 412 g/mol. The van der Waals surface area contributed by atoms with Crippen LogP contribution in [0.1, 0.15) is 18.5 Å². The number of allylic oxidation sites excluding steroid dienone is 1. The van der Waals surface area contributed by atoms with Crippen LogP contribution in [-0.4, -0.2) is 31.1 Å². The molecule has 1 unspecified atom stereocenters. The zero-order chi connectivity index (χ0) is 21.8. The third-order valence-electron chi connectivity index (χ3n) is 4.59. The highest BCUT2D eigenvalue weighted by atomic mass is 16.6. The smallest absolute Gasteiger partial charge is 0.319 e. The van der Waals surface area contributed by atoms with Gasteiger partial charge in [-0.15, -0.1) is 0 Å². The Labute approximate surface area is 172 Å². The highest BCUT2D eigenvalue weighted by Crippen LogP contribution is 2.33. The van der Waals surface area contributed by atoms with Crippen LogP contribution < -0.4 is 25.4 Å². The van der Waals surface area contributed by atoms with Crippen molar-refractivity contribution in [1.82, 2.24) is 10.6 Å². The van der Waals surface area contributed by atoms with E-state index in [9.17, 15) is 19.7 Å². The van der Waals surface area contributed by atoms with Gasteiger partial charge < -0.3 is 25.4 Å². The number of methoxy groups -OCH3 is 2. The zero-order valence-electron chi connectivity index (χ0n) is 16.5. The number of hydrogen-bond acceptors (Lipinski definition) is 6. The van der Waals surface area contributed by atoms with E-state index >= 15 is 0 Å². The van der Waals surface area contributed by atoms with Crippen LogP contribution in [0, 0.1) is 10.1 Å². The Balaban J connectivity index is 1.98. The highest BCUT2D eigenvalue weighted by Gasteiger charge is 2.32. The Morgan fingerprint density at radius 1 is 1.17 bits per heavy atom. The van der Waals surface area contributed by atoms with Crippen LogP contribution in [0.5, 0.6) is 11.5 Å². The number of nitro benzene ring substituents is 1. The molecule has 0 radical (unpaired) electrons. The van der Waals surface area contributed by atoms with Crippen molar-refractivity contribution >= 4 is 23.3 Å². The van der Waals surface area contributed by atoms with Crippen LogP contribution in [0.15, 0.2) is 53.7 Å². The molecule has 0 saturated carbocycles. The van der Waals surface area contributed by atoms with Gasteiger partial charge in [-0.05, 0) is 24.6 Å². The summed E-state index contributed by atoms with van der Waals surface area (Å²) in [6.45, 7) is 1.59. The number of nitrogens with zero attached hydrogens (tertiary/aromatic N) is 1. The lowest BCUT2D eigenvalue weighted by molar-refractivity contribution is -0.384. The van der Waals surface area contributed by atoms with Crippen LogP contribution in [0.4, 0.5) is 16.2 Å². The van der Waals surface area contributed by atoms with Crippen LogP contribution in [0.25, 0.3) is 0 Å². The number of urea groups is 1. The van der Waals surface area contributed by atoms with Crippen LogP contribution in [-0.2, 0) is 4.79 Å². The molecule has 3 amide bonds. The molecule has 0 aliphatic carbocycles. The van der Waals surface area contributed by atoms with E-state index in [0.29, 0.717) is 28.4 Å². The number of carbonyl (C=O) groups excluding carboxylic acids is 2. The van der Waals surface area contributed by atoms with E-state index in [-0.39, 0.29) is 11.3 Å². The number of rotatable bonds is 6. The highest BCUT2D eigenvalue weighted by molar-refractivity contribution is 6.07. The second-order valence-corrected chi connectivity index (χ2v) is 6.44. The largest absolute Gasteiger partial charge is 0.497 e. The van der Waals surface area contributed by atoms with E-state index in [1.807, 2.05) is 0 Å². The molecule has 30 heavy (non-hydrogen) atoms. The SMILES string of the molecule is COc1ccc(NC(=O)C2=C(C)NC(=O)NC2c2cccc([N+](=O)[O-])c2)c(OC)c1. The van der Waals surface area contributed by atoms with Gasteiger partial charge in [0, 0.05) is 23.9 Å². The summed E-state index contributed by atoms with van der Waals surface area (Å²) in [7, 11) is 2.98. The molecule has 0 spiro atoms. The molecule has 10 heteroatoms. The summed E-state index contributed by atoms with van der Waals surface area (Å²) in [5, 5.41) is 19.1. The van der Waals surface area contributed by atoms with Crippen molar-refractivity contribution in [1.29, 1.82) is 0 Å². The van der Waals surface area contributed by atoms with Crippen LogP contribution in [0.2, 0.25) is 0 Å². The molecule has 0 bridgehead atoms. The normalized spacial score (nSPS) is 15.7. The van der Waals surface area contributed by atoms with Gasteiger partial charge in [-0.3, -0.25) is 14.9 Å². The first-order valence-corrected chi connectivity index (χ1v) is 8.90. The topological polar surface area (TPSA) is 132 Å². The van der Waals surface area contributed by atoms with Gasteiger partial charge in [-0.1, -0.05) is 12.1 Å². The third kappa shape index (κ3) is 4.17. The molecule has 2 aromatic carbocycles. The van der Waals surface area contributed by atoms with Gasteiger partial charge in [-0.2, -0.15) is 0 Å². The predicted octanol–water partition coefficient (Wildman–Crippen LogP) is 2.88. The molecule has 1 atom stereocenters. The van der Waals surface area contributed by atoms with E-state index in [1.54, 1.807) is 31.2 Å². The minimum absolute atomic E-state index is 0.144. The van der Waals surface area contributed by atoms with Gasteiger partial charge in [0.25, 0.3) is 11.6 Å². The predicted molar refractivity (Wildman–Crippen MR) is 108 cm³/mol. The van der Waals surface area contributed by atoms with Gasteiger partial charge in [0.2, 0.25) is 0 Å². The fourth-order valence-electron chi connectivity index (χ4n) is 3.15. The summed E-state index contributed by atoms with van der Waals surface area (Å²) in [4.78, 5) is 35.7. The van der Waals surface area contributed by atoms with Crippen molar-refractivity contribution < 1.29 is 24.0 Å². The second-order valence-electron chi connectivity index (χ2n) is 6.44. The van der Waals surface area contributed by atoms with Crippen molar-refractivity contribution in [3.8, 4) is 11.5 Å². The molecular formula is C20H20N4O6. The van der Waals surface area contributed by atoms with Crippen LogP contribution >= 0.6 is 0 Å². The third-order valence-corrected chi connectivity index (χ3v) is 4.59. The molecule has 1 heterocycles. The maximum Gasteiger partial charge on any atom is 0.319 e. The van der Waals surface area contributed by atoms with E-state index in [0.717, 1.165) is 0 Å². The Kier molecular flexibility index (Phi) is 5.86. The van der Waals surface area contributed by atoms with Crippen LogP contribution in [0.3, 0.4) is 0 Å². The van der Waals surface area contributed by atoms with Gasteiger partial charge >= 0.3 is 6.03 Å². The van der Waals surface area contributed by atoms with E-state index < -0.39 is 22.9 Å². The Morgan fingerprint density at radius 2 is 1.93 bits per heavy atom. The number of ether oxygens (including phenoxy) is 2. The van der Waals surface area contributed by atoms with Gasteiger partial charge in [-0.25, -0.2) is 4.79 Å². The molecule has 3 N–H and O–H groups in total. The van der Waals surface area contributed by atoms with E-state index in [2.05, 4.69) is 16.0 Å². The zero-order valence-corrected chi connectivity index (χ0v) is 16.5. The monoisotopic (exact) mass is 412 g/mol. The molecule has 0 fully saturated rings. The first-order chi connectivity index (χ1) is 14.3. The van der Waals surface area contributed by atoms with Gasteiger partial charge in [0.05, 0.1) is 36.4 Å². The molecule has 2 aromatic rings. The van der Waals surface area contributed by atoms with Gasteiger partial charge in [0.15, 0.2) is 0 Å². The quantitative estimate of drug-likeness (QED) is 0.494. The summed E-state index contributed by atoms with van der Waals surface area (Å²) in [5.41, 5.74) is 1.21. The molecule has 10 nitrogen and oxygen atoms in total. The first kappa shape index (κ1) is 20.6. The summed E-state index contributed by atoms with van der Waals surface area (Å²) in [6, 6.07) is 9.30.